The average molecular weight is 301 g/mol. The van der Waals surface area contributed by atoms with E-state index in [1.165, 1.54) is 25.3 Å². The number of sulfonamides is 1. The zero-order valence-electron chi connectivity index (χ0n) is 11.5. The van der Waals surface area contributed by atoms with Gasteiger partial charge >= 0.3 is 5.97 Å². The number of rotatable bonds is 7. The molecule has 0 heterocycles. The highest BCUT2D eigenvalue weighted by Gasteiger charge is 2.24. The molecule has 0 aromatic heterocycles. The molecule has 0 fully saturated rings. The van der Waals surface area contributed by atoms with Crippen molar-refractivity contribution < 1.29 is 23.1 Å². The fourth-order valence-corrected chi connectivity index (χ4v) is 3.31. The molecular formula is C13H19NO5S. The second-order valence-electron chi connectivity index (χ2n) is 4.23. The van der Waals surface area contributed by atoms with Gasteiger partial charge in [0.2, 0.25) is 10.0 Å². The quantitative estimate of drug-likeness (QED) is 0.730. The average Bonchev–Trinajstić information content (AvgIpc) is 2.45. The van der Waals surface area contributed by atoms with Crippen LogP contribution in [0.3, 0.4) is 0 Å². The predicted molar refractivity (Wildman–Crippen MR) is 73.9 cm³/mol. The van der Waals surface area contributed by atoms with Gasteiger partial charge < -0.3 is 9.84 Å². The highest BCUT2D eigenvalue weighted by atomic mass is 32.2. The van der Waals surface area contributed by atoms with Crippen LogP contribution in [-0.4, -0.2) is 39.3 Å². The Bertz CT molecular complexity index is 556. The third kappa shape index (κ3) is 4.03. The molecule has 0 aliphatic carbocycles. The summed E-state index contributed by atoms with van der Waals surface area (Å²) < 4.78 is 31.7. The van der Waals surface area contributed by atoms with Crippen molar-refractivity contribution in [3.63, 3.8) is 0 Å². The minimum Gasteiger partial charge on any atom is -0.465 e. The molecule has 2 N–H and O–H groups in total. The molecule has 0 aliphatic heterocycles. The molecule has 1 unspecified atom stereocenters. The van der Waals surface area contributed by atoms with E-state index in [1.807, 2.05) is 6.92 Å². The van der Waals surface area contributed by atoms with Crippen molar-refractivity contribution in [2.45, 2.75) is 30.7 Å². The van der Waals surface area contributed by atoms with Gasteiger partial charge in [0.15, 0.2) is 0 Å². The molecule has 1 aromatic rings. The van der Waals surface area contributed by atoms with Gasteiger partial charge in [0.25, 0.3) is 0 Å². The molecule has 1 rings (SSSR count). The number of hydrogen-bond donors (Lipinski definition) is 2. The summed E-state index contributed by atoms with van der Waals surface area (Å²) in [7, 11) is -2.65. The Hall–Kier alpha value is -1.44. The molecule has 7 heteroatoms. The molecule has 0 bridgehead atoms. The number of hydrogen-bond acceptors (Lipinski definition) is 5. The Labute approximate surface area is 118 Å². The fraction of sp³-hybridized carbons (Fsp3) is 0.462. The van der Waals surface area contributed by atoms with Crippen molar-refractivity contribution >= 4 is 16.0 Å². The number of methoxy groups -OCH3 is 1. The standard InChI is InChI=1S/C13H19NO5S/c1-3-10(8-9-15)14-20(17,18)12-7-5-4-6-11(12)13(16)19-2/h4-7,10,14-15H,3,8-9H2,1-2H3. The molecule has 0 saturated carbocycles. The molecule has 0 aliphatic rings. The SMILES string of the molecule is CCC(CCO)NS(=O)(=O)c1ccccc1C(=O)OC. The first kappa shape index (κ1) is 16.6. The summed E-state index contributed by atoms with van der Waals surface area (Å²) in [5.41, 5.74) is -0.0126. The van der Waals surface area contributed by atoms with E-state index in [-0.39, 0.29) is 23.1 Å². The van der Waals surface area contributed by atoms with Crippen LogP contribution in [0.5, 0.6) is 0 Å². The predicted octanol–water partition coefficient (Wildman–Crippen LogP) is 0.912. The summed E-state index contributed by atoms with van der Waals surface area (Å²) in [5.74, 6) is -0.707. The van der Waals surface area contributed by atoms with Gasteiger partial charge in [-0.05, 0) is 25.0 Å². The van der Waals surface area contributed by atoms with Crippen LogP contribution in [0.1, 0.15) is 30.1 Å². The topological polar surface area (TPSA) is 92.7 Å². The van der Waals surface area contributed by atoms with Crippen molar-refractivity contribution in [3.05, 3.63) is 29.8 Å². The van der Waals surface area contributed by atoms with Crippen LogP contribution in [0.2, 0.25) is 0 Å². The maximum absolute atomic E-state index is 12.3. The number of carbonyl (C=O) groups excluding carboxylic acids is 1. The lowest BCUT2D eigenvalue weighted by Gasteiger charge is -2.17. The number of nitrogens with one attached hydrogen (secondary N) is 1. The number of benzene rings is 1. The van der Waals surface area contributed by atoms with E-state index in [0.29, 0.717) is 12.8 Å². The van der Waals surface area contributed by atoms with Crippen LogP contribution in [-0.2, 0) is 14.8 Å². The van der Waals surface area contributed by atoms with Crippen molar-refractivity contribution in [3.8, 4) is 0 Å². The number of ether oxygens (including phenoxy) is 1. The van der Waals surface area contributed by atoms with E-state index >= 15 is 0 Å². The molecular weight excluding hydrogens is 282 g/mol. The van der Waals surface area contributed by atoms with E-state index < -0.39 is 16.0 Å². The van der Waals surface area contributed by atoms with Crippen LogP contribution in [0, 0.1) is 0 Å². The van der Waals surface area contributed by atoms with Gasteiger partial charge in [-0.2, -0.15) is 0 Å². The summed E-state index contributed by atoms with van der Waals surface area (Å²) in [4.78, 5) is 11.5. The Balaban J connectivity index is 3.12. The zero-order valence-corrected chi connectivity index (χ0v) is 12.3. The Morgan fingerprint density at radius 3 is 2.60 bits per heavy atom. The second kappa shape index (κ2) is 7.37. The maximum Gasteiger partial charge on any atom is 0.339 e. The summed E-state index contributed by atoms with van der Waals surface area (Å²) >= 11 is 0. The molecule has 112 valence electrons. The zero-order chi connectivity index (χ0) is 15.2. The Morgan fingerprint density at radius 2 is 2.05 bits per heavy atom. The van der Waals surface area contributed by atoms with Gasteiger partial charge in [-0.1, -0.05) is 19.1 Å². The van der Waals surface area contributed by atoms with Gasteiger partial charge in [-0.3, -0.25) is 0 Å². The maximum atomic E-state index is 12.3. The number of aliphatic hydroxyl groups is 1. The molecule has 0 amide bonds. The first-order chi connectivity index (χ1) is 9.46. The largest absolute Gasteiger partial charge is 0.465 e. The van der Waals surface area contributed by atoms with Crippen LogP contribution in [0.25, 0.3) is 0 Å². The highest BCUT2D eigenvalue weighted by Crippen LogP contribution is 2.17. The Kier molecular flexibility index (Phi) is 6.12. The molecule has 0 saturated heterocycles. The van der Waals surface area contributed by atoms with Gasteiger partial charge in [-0.25, -0.2) is 17.9 Å². The normalized spacial score (nSPS) is 12.9. The summed E-state index contributed by atoms with van der Waals surface area (Å²) in [6, 6.07) is 5.47. The van der Waals surface area contributed by atoms with Crippen LogP contribution in [0.4, 0.5) is 0 Å². The third-order valence-corrected chi connectivity index (χ3v) is 4.45. The van der Waals surface area contributed by atoms with E-state index in [9.17, 15) is 13.2 Å². The third-order valence-electron chi connectivity index (χ3n) is 2.87. The van der Waals surface area contributed by atoms with Gasteiger partial charge in [0, 0.05) is 12.6 Å². The lowest BCUT2D eigenvalue weighted by atomic mass is 10.2. The van der Waals surface area contributed by atoms with Gasteiger partial charge in [0.05, 0.1) is 17.6 Å². The van der Waals surface area contributed by atoms with Crippen molar-refractivity contribution in [1.29, 1.82) is 0 Å². The number of aliphatic hydroxyl groups excluding tert-OH is 1. The van der Waals surface area contributed by atoms with Crippen molar-refractivity contribution in [2.75, 3.05) is 13.7 Å². The lowest BCUT2D eigenvalue weighted by molar-refractivity contribution is 0.0596. The minimum atomic E-state index is -3.84. The van der Waals surface area contributed by atoms with Crippen LogP contribution in [0.15, 0.2) is 29.2 Å². The van der Waals surface area contributed by atoms with Gasteiger partial charge in [0.1, 0.15) is 0 Å². The molecule has 6 nitrogen and oxygen atoms in total. The minimum absolute atomic E-state index is 0.0126. The van der Waals surface area contributed by atoms with E-state index in [4.69, 9.17) is 5.11 Å². The molecule has 20 heavy (non-hydrogen) atoms. The lowest BCUT2D eigenvalue weighted by Crippen LogP contribution is -2.35. The summed E-state index contributed by atoms with van der Waals surface area (Å²) in [5, 5.41) is 8.91. The first-order valence-corrected chi connectivity index (χ1v) is 7.75. The molecule has 1 aromatic carbocycles. The number of esters is 1. The number of carbonyl (C=O) groups is 1. The highest BCUT2D eigenvalue weighted by molar-refractivity contribution is 7.89. The van der Waals surface area contributed by atoms with Gasteiger partial charge in [-0.15, -0.1) is 0 Å². The second-order valence-corrected chi connectivity index (χ2v) is 5.91. The van der Waals surface area contributed by atoms with Crippen molar-refractivity contribution in [1.82, 2.24) is 4.72 Å². The smallest absolute Gasteiger partial charge is 0.339 e. The summed E-state index contributed by atoms with van der Waals surface area (Å²) in [6.07, 6.45) is 0.857. The monoisotopic (exact) mass is 301 g/mol. The molecule has 1 atom stereocenters. The Morgan fingerprint density at radius 1 is 1.40 bits per heavy atom. The van der Waals surface area contributed by atoms with E-state index in [2.05, 4.69) is 9.46 Å². The first-order valence-electron chi connectivity index (χ1n) is 6.26. The van der Waals surface area contributed by atoms with Crippen molar-refractivity contribution in [2.24, 2.45) is 0 Å². The summed E-state index contributed by atoms with van der Waals surface area (Å²) in [6.45, 7) is 1.70. The van der Waals surface area contributed by atoms with E-state index in [1.54, 1.807) is 6.07 Å². The van der Waals surface area contributed by atoms with E-state index in [0.717, 1.165) is 0 Å². The molecule has 0 spiro atoms. The fourth-order valence-electron chi connectivity index (χ4n) is 1.76. The van der Waals surface area contributed by atoms with Crippen LogP contribution >= 0.6 is 0 Å². The van der Waals surface area contributed by atoms with Crippen LogP contribution < -0.4 is 4.72 Å². The molecule has 0 radical (unpaired) electrons.